The van der Waals surface area contributed by atoms with Crippen LogP contribution in [0.25, 0.3) is 0 Å². The number of allylic oxidation sites excluding steroid dienone is 1. The largest absolute Gasteiger partial charge is 0.493 e. The maximum Gasteiger partial charge on any atom is 0.164 e. The number of hydrogen-bond donors (Lipinski definition) is 0. The van der Waals surface area contributed by atoms with Crippen molar-refractivity contribution in [2.45, 2.75) is 12.8 Å². The van der Waals surface area contributed by atoms with Crippen LogP contribution in [0.15, 0.2) is 55.1 Å². The van der Waals surface area contributed by atoms with Gasteiger partial charge in [-0.25, -0.2) is 0 Å². The Morgan fingerprint density at radius 1 is 0.579 bits per heavy atom. The van der Waals surface area contributed by atoms with E-state index in [2.05, 4.69) is 6.58 Å². The van der Waals surface area contributed by atoms with Gasteiger partial charge in [-0.05, 0) is 37.1 Å². The van der Waals surface area contributed by atoms with Crippen LogP contribution in [0.2, 0.25) is 0 Å². The molecule has 2 aromatic carbocycles. The zero-order valence-electron chi connectivity index (χ0n) is 22.1. The number of fused-ring (bicyclic) bond motifs is 2. The molecule has 0 unspecified atom stereocenters. The molecular weight excluding hydrogens is 492 g/mol. The number of para-hydroxylation sites is 2. The van der Waals surface area contributed by atoms with E-state index in [1.54, 1.807) is 0 Å². The normalized spacial score (nSPS) is 17.1. The van der Waals surface area contributed by atoms with Crippen molar-refractivity contribution in [1.82, 2.24) is 0 Å². The lowest BCUT2D eigenvalue weighted by Gasteiger charge is -2.15. The fourth-order valence-electron chi connectivity index (χ4n) is 3.40. The number of rotatable bonds is 5. The lowest BCUT2D eigenvalue weighted by atomic mass is 10.3. The first-order valence-corrected chi connectivity index (χ1v) is 13.2. The van der Waals surface area contributed by atoms with Crippen molar-refractivity contribution < 1.29 is 42.6 Å². The van der Waals surface area contributed by atoms with E-state index in [9.17, 15) is 0 Å². The van der Waals surface area contributed by atoms with Crippen LogP contribution in [0.1, 0.15) is 12.8 Å². The summed E-state index contributed by atoms with van der Waals surface area (Å²) >= 11 is 0. The Bertz CT molecular complexity index is 905. The van der Waals surface area contributed by atoms with E-state index in [4.69, 9.17) is 42.6 Å². The Kier molecular flexibility index (Phi) is 14.9. The van der Waals surface area contributed by atoms with Gasteiger partial charge in [0.05, 0.1) is 59.5 Å². The number of unbranched alkanes of at least 4 members (excludes halogenated alkanes) is 1. The van der Waals surface area contributed by atoms with Crippen molar-refractivity contribution in [1.29, 1.82) is 0 Å². The minimum absolute atomic E-state index is 0.365. The molecule has 0 spiro atoms. The maximum atomic E-state index is 5.95. The Morgan fingerprint density at radius 3 is 1.53 bits per heavy atom. The van der Waals surface area contributed by atoms with Crippen molar-refractivity contribution >= 4 is 0 Å². The van der Waals surface area contributed by atoms with Crippen LogP contribution in [0.4, 0.5) is 0 Å². The molecule has 0 N–H and O–H groups in total. The maximum absolute atomic E-state index is 5.95. The van der Waals surface area contributed by atoms with Crippen LogP contribution < -0.4 is 23.7 Å². The lowest BCUT2D eigenvalue weighted by molar-refractivity contribution is 0.0223. The van der Waals surface area contributed by atoms with Gasteiger partial charge >= 0.3 is 0 Å². The molecule has 0 amide bonds. The van der Waals surface area contributed by atoms with Gasteiger partial charge in [-0.2, -0.15) is 0 Å². The first kappa shape index (κ1) is 29.6. The van der Waals surface area contributed by atoms with E-state index >= 15 is 0 Å². The molecular formula is C29H40O9. The zero-order valence-corrected chi connectivity index (χ0v) is 22.1. The highest BCUT2D eigenvalue weighted by Gasteiger charge is 2.09. The Morgan fingerprint density at radius 2 is 1.03 bits per heavy atom. The summed E-state index contributed by atoms with van der Waals surface area (Å²) in [4.78, 5) is 0. The van der Waals surface area contributed by atoms with Gasteiger partial charge in [-0.15, -0.1) is 6.58 Å². The average Bonchev–Trinajstić information content (AvgIpc) is 2.94. The van der Waals surface area contributed by atoms with Gasteiger partial charge in [0, 0.05) is 6.07 Å². The second kappa shape index (κ2) is 19.1. The Hall–Kier alpha value is -2.98. The summed E-state index contributed by atoms with van der Waals surface area (Å²) in [6, 6.07) is 13.1. The molecule has 0 saturated heterocycles. The van der Waals surface area contributed by atoms with Crippen LogP contribution in [-0.2, 0) is 18.9 Å². The second-order valence-corrected chi connectivity index (χ2v) is 8.18. The van der Waals surface area contributed by atoms with Crippen molar-refractivity contribution in [3.8, 4) is 28.7 Å². The molecule has 0 bridgehead atoms. The molecule has 0 radical (unpaired) electrons. The van der Waals surface area contributed by atoms with Gasteiger partial charge in [0.15, 0.2) is 23.0 Å². The highest BCUT2D eigenvalue weighted by Crippen LogP contribution is 2.32. The van der Waals surface area contributed by atoms with E-state index in [0.29, 0.717) is 109 Å². The molecule has 1 aliphatic heterocycles. The van der Waals surface area contributed by atoms with Crippen LogP contribution in [0.5, 0.6) is 28.7 Å². The predicted octanol–water partition coefficient (Wildman–Crippen LogP) is 4.33. The standard InChI is InChI=1S/C29H40O9/c1-2-3-6-11-34-25-9-10-28-29(24-25)38-23-19-33-15-14-31-17-21-36-27-8-5-4-7-26(27)35-20-16-30-12-13-32-18-22-37-28/h2,4-5,7-10,24H,1,3,6,11-23H2. The Balaban J connectivity index is 1.48. The summed E-state index contributed by atoms with van der Waals surface area (Å²) in [5.74, 6) is 3.29. The molecule has 3 rings (SSSR count). The summed E-state index contributed by atoms with van der Waals surface area (Å²) < 4.78 is 51.8. The average molecular weight is 533 g/mol. The number of ether oxygens (including phenoxy) is 9. The summed E-state index contributed by atoms with van der Waals surface area (Å²) in [5, 5.41) is 0. The summed E-state index contributed by atoms with van der Waals surface area (Å²) in [6.07, 6.45) is 3.69. The molecule has 1 aliphatic rings. The van der Waals surface area contributed by atoms with Crippen LogP contribution in [0, 0.1) is 0 Å². The zero-order chi connectivity index (χ0) is 26.5. The molecule has 1 heterocycles. The van der Waals surface area contributed by atoms with Crippen molar-refractivity contribution in [2.75, 3.05) is 85.9 Å². The van der Waals surface area contributed by atoms with Crippen molar-refractivity contribution in [2.24, 2.45) is 0 Å². The van der Waals surface area contributed by atoms with E-state index in [1.807, 2.05) is 48.5 Å². The molecule has 0 saturated carbocycles. The highest BCUT2D eigenvalue weighted by molar-refractivity contribution is 5.45. The first-order chi connectivity index (χ1) is 18.9. The quantitative estimate of drug-likeness (QED) is 0.413. The van der Waals surface area contributed by atoms with Gasteiger partial charge in [-0.3, -0.25) is 0 Å². The third-order valence-corrected chi connectivity index (χ3v) is 5.27. The molecule has 38 heavy (non-hydrogen) atoms. The third-order valence-electron chi connectivity index (χ3n) is 5.27. The molecule has 2 aromatic rings. The fourth-order valence-corrected chi connectivity index (χ4v) is 3.40. The van der Waals surface area contributed by atoms with Gasteiger partial charge in [0.25, 0.3) is 0 Å². The molecule has 0 aromatic heterocycles. The molecule has 210 valence electrons. The van der Waals surface area contributed by atoms with Crippen LogP contribution >= 0.6 is 0 Å². The van der Waals surface area contributed by atoms with E-state index in [0.717, 1.165) is 18.6 Å². The Labute approximate surface area is 225 Å². The van der Waals surface area contributed by atoms with Crippen LogP contribution in [0.3, 0.4) is 0 Å². The SMILES string of the molecule is C=CCCCOc1ccc2c(c1)OCCOCCOCCOc1ccccc1OCCOCCOCCO2. The predicted molar refractivity (Wildman–Crippen MR) is 143 cm³/mol. The van der Waals surface area contributed by atoms with Crippen molar-refractivity contribution in [3.63, 3.8) is 0 Å². The fraction of sp³-hybridized carbons (Fsp3) is 0.517. The van der Waals surface area contributed by atoms with E-state index in [1.165, 1.54) is 0 Å². The number of hydrogen-bond acceptors (Lipinski definition) is 9. The van der Waals surface area contributed by atoms with Gasteiger partial charge in [0.1, 0.15) is 32.2 Å². The van der Waals surface area contributed by atoms with Gasteiger partial charge < -0.3 is 42.6 Å². The van der Waals surface area contributed by atoms with E-state index < -0.39 is 0 Å². The number of benzene rings is 2. The van der Waals surface area contributed by atoms with Gasteiger partial charge in [-0.1, -0.05) is 18.2 Å². The molecule has 0 fully saturated rings. The molecule has 9 heteroatoms. The highest BCUT2D eigenvalue weighted by atomic mass is 16.6. The lowest BCUT2D eigenvalue weighted by Crippen LogP contribution is -2.15. The smallest absolute Gasteiger partial charge is 0.164 e. The van der Waals surface area contributed by atoms with Crippen LogP contribution in [-0.4, -0.2) is 85.9 Å². The molecule has 9 nitrogen and oxygen atoms in total. The minimum atomic E-state index is 0.365. The minimum Gasteiger partial charge on any atom is -0.493 e. The molecule has 0 atom stereocenters. The first-order valence-electron chi connectivity index (χ1n) is 13.2. The van der Waals surface area contributed by atoms with E-state index in [-0.39, 0.29) is 0 Å². The summed E-state index contributed by atoms with van der Waals surface area (Å²) in [5.41, 5.74) is 0. The topological polar surface area (TPSA) is 83.1 Å². The summed E-state index contributed by atoms with van der Waals surface area (Å²) in [7, 11) is 0. The van der Waals surface area contributed by atoms with Gasteiger partial charge in [0.2, 0.25) is 0 Å². The summed E-state index contributed by atoms with van der Waals surface area (Å²) in [6.45, 7) is 9.47. The molecule has 0 aliphatic carbocycles. The second-order valence-electron chi connectivity index (χ2n) is 8.18. The monoisotopic (exact) mass is 532 g/mol. The third kappa shape index (κ3) is 12.0. The van der Waals surface area contributed by atoms with Crippen molar-refractivity contribution in [3.05, 3.63) is 55.1 Å².